The number of nitrogens with one attached hydrogen (secondary N) is 1. The molecule has 1 aromatic rings. The van der Waals surface area contributed by atoms with E-state index in [9.17, 15) is 4.79 Å². The second-order valence-corrected chi connectivity index (χ2v) is 4.36. The monoisotopic (exact) mass is 234 g/mol. The molecule has 0 bridgehead atoms. The Balaban J connectivity index is 2.12. The number of nitrogens with zero attached hydrogens (tertiary/aromatic N) is 2. The lowest BCUT2D eigenvalue weighted by Gasteiger charge is -2.21. The van der Waals surface area contributed by atoms with Crippen molar-refractivity contribution >= 4 is 11.6 Å². The van der Waals surface area contributed by atoms with E-state index in [-0.39, 0.29) is 11.9 Å². The second kappa shape index (κ2) is 5.14. The van der Waals surface area contributed by atoms with Crippen LogP contribution >= 0.6 is 0 Å². The van der Waals surface area contributed by atoms with E-state index >= 15 is 0 Å². The minimum Gasteiger partial charge on any atom is -0.361 e. The quantitative estimate of drug-likeness (QED) is 0.778. The van der Waals surface area contributed by atoms with Gasteiger partial charge in [0.2, 0.25) is 5.91 Å². The highest BCUT2D eigenvalue weighted by molar-refractivity contribution is 5.81. The summed E-state index contributed by atoms with van der Waals surface area (Å²) >= 11 is 0. The van der Waals surface area contributed by atoms with Crippen LogP contribution in [0.1, 0.15) is 25.1 Å². The van der Waals surface area contributed by atoms with Crippen molar-refractivity contribution in [2.75, 3.05) is 24.5 Å². The summed E-state index contributed by atoms with van der Waals surface area (Å²) in [7, 11) is 0. The van der Waals surface area contributed by atoms with Crippen molar-refractivity contribution in [2.24, 2.45) is 5.73 Å². The summed E-state index contributed by atoms with van der Waals surface area (Å²) in [5, 5.41) is 2.85. The minimum absolute atomic E-state index is 0.0588. The molecule has 5 nitrogen and oxygen atoms in total. The summed E-state index contributed by atoms with van der Waals surface area (Å²) in [4.78, 5) is 17.8. The van der Waals surface area contributed by atoms with E-state index in [1.54, 1.807) is 6.20 Å². The topological polar surface area (TPSA) is 71.2 Å². The zero-order chi connectivity index (χ0) is 12.3. The molecule has 1 aromatic heterocycles. The highest BCUT2D eigenvalue weighted by Gasteiger charge is 2.15. The number of pyridine rings is 1. The van der Waals surface area contributed by atoms with Crippen LogP contribution < -0.4 is 16.0 Å². The maximum atomic E-state index is 11.4. The highest BCUT2D eigenvalue weighted by atomic mass is 16.2. The predicted molar refractivity (Wildman–Crippen MR) is 66.7 cm³/mol. The van der Waals surface area contributed by atoms with E-state index in [4.69, 9.17) is 5.73 Å². The van der Waals surface area contributed by atoms with Gasteiger partial charge in [0, 0.05) is 19.1 Å². The lowest BCUT2D eigenvalue weighted by molar-refractivity contribution is -0.119. The van der Waals surface area contributed by atoms with Crippen LogP contribution in [0.15, 0.2) is 18.3 Å². The highest BCUT2D eigenvalue weighted by Crippen LogP contribution is 2.16. The average molecular weight is 234 g/mol. The summed E-state index contributed by atoms with van der Waals surface area (Å²) in [6, 6.07) is 3.84. The molecule has 1 atom stereocenters. The molecule has 1 amide bonds. The average Bonchev–Trinajstić information content (AvgIpc) is 2.54. The maximum absolute atomic E-state index is 11.4. The normalized spacial score (nSPS) is 18.5. The van der Waals surface area contributed by atoms with E-state index in [0.29, 0.717) is 6.54 Å². The van der Waals surface area contributed by atoms with Crippen LogP contribution in [-0.4, -0.2) is 30.5 Å². The fourth-order valence-electron chi connectivity index (χ4n) is 1.88. The number of carbonyl (C=O) groups is 1. The van der Waals surface area contributed by atoms with Crippen LogP contribution in [0.25, 0.3) is 0 Å². The molecule has 1 aliphatic rings. The molecule has 92 valence electrons. The van der Waals surface area contributed by atoms with Crippen molar-refractivity contribution in [2.45, 2.75) is 19.4 Å². The summed E-state index contributed by atoms with van der Waals surface area (Å²) in [6.07, 6.45) is 2.75. The van der Waals surface area contributed by atoms with Crippen LogP contribution in [0, 0.1) is 0 Å². The van der Waals surface area contributed by atoms with E-state index in [2.05, 4.69) is 10.3 Å². The third kappa shape index (κ3) is 2.94. The molecule has 0 spiro atoms. The van der Waals surface area contributed by atoms with Crippen molar-refractivity contribution in [3.05, 3.63) is 24.0 Å². The smallest absolute Gasteiger partial charge is 0.239 e. The van der Waals surface area contributed by atoms with Gasteiger partial charge in [-0.25, -0.2) is 0 Å². The Morgan fingerprint density at radius 1 is 1.53 bits per heavy atom. The Bertz CT molecular complexity index is 388. The van der Waals surface area contributed by atoms with Gasteiger partial charge >= 0.3 is 0 Å². The Kier molecular flexibility index (Phi) is 3.58. The van der Waals surface area contributed by atoms with Gasteiger partial charge in [-0.2, -0.15) is 0 Å². The number of carbonyl (C=O) groups excluding carboxylic acids is 1. The molecule has 17 heavy (non-hydrogen) atoms. The fourth-order valence-corrected chi connectivity index (χ4v) is 1.88. The fraction of sp³-hybridized carbons (Fsp3) is 0.500. The zero-order valence-electron chi connectivity index (χ0n) is 10.0. The first-order valence-electron chi connectivity index (χ1n) is 5.90. The van der Waals surface area contributed by atoms with Gasteiger partial charge in [0.1, 0.15) is 0 Å². The molecule has 1 saturated heterocycles. The molecule has 1 aliphatic heterocycles. The molecule has 0 aliphatic carbocycles. The van der Waals surface area contributed by atoms with Crippen molar-refractivity contribution in [3.8, 4) is 0 Å². The third-order valence-electron chi connectivity index (χ3n) is 2.86. The first kappa shape index (κ1) is 11.9. The van der Waals surface area contributed by atoms with Crippen LogP contribution in [-0.2, 0) is 4.79 Å². The Hall–Kier alpha value is -1.62. The molecule has 1 fully saturated rings. The number of nitrogens with two attached hydrogens (primary N) is 1. The molecule has 3 N–H and O–H groups in total. The van der Waals surface area contributed by atoms with E-state index in [1.807, 2.05) is 24.0 Å². The Morgan fingerprint density at radius 2 is 2.35 bits per heavy atom. The van der Waals surface area contributed by atoms with Crippen molar-refractivity contribution in [3.63, 3.8) is 0 Å². The van der Waals surface area contributed by atoms with Crippen LogP contribution in [0.4, 0.5) is 5.69 Å². The molecular formula is C12H18N4O. The molecule has 2 heterocycles. The number of anilines is 1. The van der Waals surface area contributed by atoms with Gasteiger partial charge < -0.3 is 16.0 Å². The molecule has 0 saturated carbocycles. The molecule has 2 rings (SSSR count). The number of aromatic nitrogens is 1. The number of amides is 1. The SMILES string of the molecule is C[C@@H](N)c1ccc(N2CCCNC(=O)C2)cn1. The zero-order valence-corrected chi connectivity index (χ0v) is 10.0. The summed E-state index contributed by atoms with van der Waals surface area (Å²) in [6.45, 7) is 3.93. The summed E-state index contributed by atoms with van der Waals surface area (Å²) in [5.41, 5.74) is 7.60. The van der Waals surface area contributed by atoms with Crippen LogP contribution in [0.3, 0.4) is 0 Å². The van der Waals surface area contributed by atoms with Crippen molar-refractivity contribution in [1.29, 1.82) is 0 Å². The lowest BCUT2D eigenvalue weighted by Crippen LogP contribution is -2.33. The van der Waals surface area contributed by atoms with Gasteiger partial charge in [-0.3, -0.25) is 9.78 Å². The summed E-state index contributed by atoms with van der Waals surface area (Å²) < 4.78 is 0. The van der Waals surface area contributed by atoms with E-state index in [1.165, 1.54) is 0 Å². The van der Waals surface area contributed by atoms with Gasteiger partial charge in [-0.15, -0.1) is 0 Å². The minimum atomic E-state index is -0.0588. The maximum Gasteiger partial charge on any atom is 0.239 e. The standard InChI is InChI=1S/C12H18N4O/c1-9(13)11-4-3-10(7-15-11)16-6-2-5-14-12(17)8-16/h3-4,7,9H,2,5-6,8,13H2,1H3,(H,14,17)/t9-/m1/s1. The molecule has 5 heteroatoms. The van der Waals surface area contributed by atoms with Gasteiger partial charge in [-0.1, -0.05) is 0 Å². The van der Waals surface area contributed by atoms with Crippen molar-refractivity contribution < 1.29 is 4.79 Å². The lowest BCUT2D eigenvalue weighted by atomic mass is 10.2. The van der Waals surface area contributed by atoms with Gasteiger partial charge in [-0.05, 0) is 25.5 Å². The molecule has 0 aromatic carbocycles. The van der Waals surface area contributed by atoms with Crippen molar-refractivity contribution in [1.82, 2.24) is 10.3 Å². The summed E-state index contributed by atoms with van der Waals surface area (Å²) in [5.74, 6) is 0.0683. The van der Waals surface area contributed by atoms with E-state index < -0.39 is 0 Å². The van der Waals surface area contributed by atoms with Gasteiger partial charge in [0.25, 0.3) is 0 Å². The first-order valence-corrected chi connectivity index (χ1v) is 5.90. The number of hydrogen-bond acceptors (Lipinski definition) is 4. The predicted octanol–water partition coefficient (Wildman–Crippen LogP) is 0.428. The first-order chi connectivity index (χ1) is 8.16. The number of hydrogen-bond donors (Lipinski definition) is 2. The Morgan fingerprint density at radius 3 is 3.00 bits per heavy atom. The van der Waals surface area contributed by atoms with Crippen LogP contribution in [0.2, 0.25) is 0 Å². The third-order valence-corrected chi connectivity index (χ3v) is 2.86. The number of rotatable bonds is 2. The van der Waals surface area contributed by atoms with Gasteiger partial charge in [0.05, 0.1) is 24.1 Å². The largest absolute Gasteiger partial charge is 0.361 e. The second-order valence-electron chi connectivity index (χ2n) is 4.36. The van der Waals surface area contributed by atoms with E-state index in [0.717, 1.165) is 30.9 Å². The molecule has 0 unspecified atom stereocenters. The molecule has 0 radical (unpaired) electrons. The molecular weight excluding hydrogens is 216 g/mol. The van der Waals surface area contributed by atoms with Crippen LogP contribution in [0.5, 0.6) is 0 Å². The van der Waals surface area contributed by atoms with Gasteiger partial charge in [0.15, 0.2) is 0 Å². The Labute approximate surface area is 101 Å².